The maximum atomic E-state index is 13.0. The van der Waals surface area contributed by atoms with Gasteiger partial charge in [-0.05, 0) is 54.4 Å². The van der Waals surface area contributed by atoms with E-state index in [4.69, 9.17) is 4.74 Å². The standard InChI is InChI=1S/C28H30N2O5/c1-17(26(31)30-15-18-10-11-25(30)23(14-18)27(32)33)12-13-29-28(34)35-16-24-21-8-4-2-6-19(21)20-7-3-5-9-22(20)24/h2-9,12,18,23-25H,10-11,13-16H2,1H3,(H,29,34)(H,32,33)/b17-12+. The van der Waals surface area contributed by atoms with Crippen LogP contribution in [0.25, 0.3) is 11.1 Å². The third-order valence-corrected chi connectivity index (χ3v) is 7.69. The van der Waals surface area contributed by atoms with Crippen molar-refractivity contribution >= 4 is 18.0 Å². The number of alkyl carbamates (subject to hydrolysis) is 1. The van der Waals surface area contributed by atoms with Gasteiger partial charge in [-0.2, -0.15) is 0 Å². The summed E-state index contributed by atoms with van der Waals surface area (Å²) >= 11 is 0. The summed E-state index contributed by atoms with van der Waals surface area (Å²) in [5.41, 5.74) is 5.15. The van der Waals surface area contributed by atoms with Crippen molar-refractivity contribution in [2.24, 2.45) is 11.8 Å². The fourth-order valence-corrected chi connectivity index (χ4v) is 5.94. The number of carboxylic acids is 1. The van der Waals surface area contributed by atoms with E-state index in [9.17, 15) is 19.5 Å². The molecule has 0 radical (unpaired) electrons. The zero-order valence-corrected chi connectivity index (χ0v) is 19.8. The van der Waals surface area contributed by atoms with Crippen molar-refractivity contribution in [2.45, 2.75) is 38.1 Å². The van der Waals surface area contributed by atoms with E-state index in [0.29, 0.717) is 18.5 Å². The first-order valence-corrected chi connectivity index (χ1v) is 12.2. The van der Waals surface area contributed by atoms with Crippen LogP contribution in [0.1, 0.15) is 43.2 Å². The maximum absolute atomic E-state index is 13.0. The topological polar surface area (TPSA) is 95.9 Å². The predicted octanol–water partition coefficient (Wildman–Crippen LogP) is 4.18. The highest BCUT2D eigenvalue weighted by atomic mass is 16.5. The Morgan fingerprint density at radius 3 is 2.34 bits per heavy atom. The molecule has 0 spiro atoms. The molecule has 3 atom stereocenters. The van der Waals surface area contributed by atoms with E-state index in [1.54, 1.807) is 17.9 Å². The van der Waals surface area contributed by atoms with Gasteiger partial charge in [-0.15, -0.1) is 0 Å². The summed E-state index contributed by atoms with van der Waals surface area (Å²) in [5.74, 6) is -1.23. The summed E-state index contributed by atoms with van der Waals surface area (Å²) in [4.78, 5) is 38.7. The van der Waals surface area contributed by atoms with Gasteiger partial charge in [0, 0.05) is 30.6 Å². The van der Waals surface area contributed by atoms with Crippen LogP contribution in [0.5, 0.6) is 0 Å². The SMILES string of the molecule is C/C(=C\CNC(=O)OCC1c2ccccc2-c2ccccc21)C(=O)N1CC2CCC1C(C(=O)O)C2. The van der Waals surface area contributed by atoms with Gasteiger partial charge < -0.3 is 20.1 Å². The molecule has 2 aliphatic heterocycles. The zero-order chi connectivity index (χ0) is 24.5. The Kier molecular flexibility index (Phi) is 6.32. The Morgan fingerprint density at radius 2 is 1.71 bits per heavy atom. The van der Waals surface area contributed by atoms with Crippen LogP contribution >= 0.6 is 0 Å². The largest absolute Gasteiger partial charge is 0.481 e. The molecule has 2 aliphatic carbocycles. The van der Waals surface area contributed by atoms with Crippen molar-refractivity contribution in [1.82, 2.24) is 10.2 Å². The number of carboxylic acid groups (broad SMARTS) is 1. The molecular weight excluding hydrogens is 444 g/mol. The van der Waals surface area contributed by atoms with E-state index in [-0.39, 0.29) is 36.9 Å². The van der Waals surface area contributed by atoms with Gasteiger partial charge in [0.1, 0.15) is 6.61 Å². The van der Waals surface area contributed by atoms with Crippen molar-refractivity contribution in [3.63, 3.8) is 0 Å². The lowest BCUT2D eigenvalue weighted by atomic mass is 9.72. The molecule has 7 heteroatoms. The highest BCUT2D eigenvalue weighted by molar-refractivity contribution is 5.93. The van der Waals surface area contributed by atoms with E-state index in [1.165, 1.54) is 11.1 Å². The summed E-state index contributed by atoms with van der Waals surface area (Å²) < 4.78 is 5.54. The van der Waals surface area contributed by atoms with Crippen LogP contribution in [0.15, 0.2) is 60.2 Å². The number of hydrogen-bond donors (Lipinski definition) is 2. The summed E-state index contributed by atoms with van der Waals surface area (Å²) in [7, 11) is 0. The summed E-state index contributed by atoms with van der Waals surface area (Å²) in [5, 5.41) is 12.2. The van der Waals surface area contributed by atoms with E-state index >= 15 is 0 Å². The average molecular weight is 475 g/mol. The van der Waals surface area contributed by atoms with Crippen LogP contribution < -0.4 is 5.32 Å². The number of aliphatic carboxylic acids is 1. The fourth-order valence-electron chi connectivity index (χ4n) is 5.94. The molecule has 2 amide bonds. The maximum Gasteiger partial charge on any atom is 0.407 e. The van der Waals surface area contributed by atoms with Crippen LogP contribution in [0.4, 0.5) is 4.79 Å². The summed E-state index contributed by atoms with van der Waals surface area (Å²) in [6.07, 6.45) is 3.49. The van der Waals surface area contributed by atoms with Gasteiger partial charge in [0.25, 0.3) is 0 Å². The average Bonchev–Trinajstić information content (AvgIpc) is 3.20. The fraction of sp³-hybridized carbons (Fsp3) is 0.393. The molecule has 182 valence electrons. The second-order valence-corrected chi connectivity index (χ2v) is 9.74. The third kappa shape index (κ3) is 4.43. The molecule has 1 saturated carbocycles. The van der Waals surface area contributed by atoms with Crippen LogP contribution in [0.3, 0.4) is 0 Å². The second-order valence-electron chi connectivity index (χ2n) is 9.74. The van der Waals surface area contributed by atoms with Crippen molar-refractivity contribution in [2.75, 3.05) is 19.7 Å². The van der Waals surface area contributed by atoms with Crippen molar-refractivity contribution in [1.29, 1.82) is 0 Å². The Hall–Kier alpha value is -3.61. The molecule has 2 saturated heterocycles. The molecule has 2 aromatic rings. The number of amides is 2. The molecule has 7 nitrogen and oxygen atoms in total. The molecular formula is C28H30N2O5. The minimum absolute atomic E-state index is 0.0105. The first-order chi connectivity index (χ1) is 16.9. The van der Waals surface area contributed by atoms with Crippen molar-refractivity contribution < 1.29 is 24.2 Å². The smallest absolute Gasteiger partial charge is 0.407 e. The molecule has 0 aromatic heterocycles. The Morgan fingerprint density at radius 1 is 1.06 bits per heavy atom. The number of carbonyl (C=O) groups excluding carboxylic acids is 2. The van der Waals surface area contributed by atoms with Crippen LogP contribution in [-0.4, -0.2) is 53.7 Å². The number of nitrogens with one attached hydrogen (secondary N) is 1. The van der Waals surface area contributed by atoms with Crippen molar-refractivity contribution in [3.8, 4) is 11.1 Å². The number of hydrogen-bond acceptors (Lipinski definition) is 4. The quantitative estimate of drug-likeness (QED) is 0.613. The predicted molar refractivity (Wildman–Crippen MR) is 131 cm³/mol. The lowest BCUT2D eigenvalue weighted by Gasteiger charge is -2.48. The highest BCUT2D eigenvalue weighted by Gasteiger charge is 2.46. The van der Waals surface area contributed by atoms with Crippen molar-refractivity contribution in [3.05, 3.63) is 71.3 Å². The lowest BCUT2D eigenvalue weighted by molar-refractivity contribution is -0.154. The number of nitrogens with zero attached hydrogens (tertiary/aromatic N) is 1. The number of piperidine rings is 2. The van der Waals surface area contributed by atoms with Gasteiger partial charge >= 0.3 is 12.1 Å². The molecule has 2 bridgehead atoms. The first-order valence-electron chi connectivity index (χ1n) is 12.2. The number of ether oxygens (including phenoxy) is 1. The van der Waals surface area contributed by atoms with Gasteiger partial charge in [0.15, 0.2) is 0 Å². The van der Waals surface area contributed by atoms with Crippen LogP contribution in [0, 0.1) is 11.8 Å². The highest BCUT2D eigenvalue weighted by Crippen LogP contribution is 2.44. The van der Waals surface area contributed by atoms with Gasteiger partial charge in [-0.25, -0.2) is 4.79 Å². The second kappa shape index (κ2) is 9.56. The minimum Gasteiger partial charge on any atom is -0.481 e. The van der Waals surface area contributed by atoms with Gasteiger partial charge in [-0.1, -0.05) is 54.6 Å². The lowest BCUT2D eigenvalue weighted by Crippen LogP contribution is -2.57. The molecule has 3 unspecified atom stereocenters. The molecule has 6 rings (SSSR count). The monoisotopic (exact) mass is 474 g/mol. The molecule has 4 aliphatic rings. The van der Waals surface area contributed by atoms with Gasteiger partial charge in [0.2, 0.25) is 5.91 Å². The molecule has 3 fully saturated rings. The van der Waals surface area contributed by atoms with E-state index in [0.717, 1.165) is 24.0 Å². The Balaban J connectivity index is 1.15. The Bertz CT molecular complexity index is 1140. The van der Waals surface area contributed by atoms with Gasteiger partial charge in [0.05, 0.1) is 5.92 Å². The summed E-state index contributed by atoms with van der Waals surface area (Å²) in [6.45, 7) is 2.71. The first kappa shape index (κ1) is 23.1. The van der Waals surface area contributed by atoms with E-state index in [1.807, 2.05) is 24.3 Å². The van der Waals surface area contributed by atoms with E-state index < -0.39 is 18.0 Å². The van der Waals surface area contributed by atoms with Gasteiger partial charge in [-0.3, -0.25) is 9.59 Å². The third-order valence-electron chi connectivity index (χ3n) is 7.69. The zero-order valence-electron chi connectivity index (χ0n) is 19.8. The number of carbonyl (C=O) groups is 3. The van der Waals surface area contributed by atoms with Crippen LogP contribution in [-0.2, 0) is 14.3 Å². The van der Waals surface area contributed by atoms with Crippen LogP contribution in [0.2, 0.25) is 0 Å². The number of fused-ring (bicyclic) bond motifs is 6. The van der Waals surface area contributed by atoms with E-state index in [2.05, 4.69) is 29.6 Å². The molecule has 2 N–H and O–H groups in total. The summed E-state index contributed by atoms with van der Waals surface area (Å²) in [6, 6.07) is 16.1. The number of rotatable bonds is 6. The molecule has 35 heavy (non-hydrogen) atoms. The molecule has 2 aromatic carbocycles. The minimum atomic E-state index is -0.823. The number of benzene rings is 2. The molecule has 2 heterocycles. The normalized spacial score (nSPS) is 22.9. The Labute approximate surface area is 204 Å².